The van der Waals surface area contributed by atoms with Gasteiger partial charge < -0.3 is 10.2 Å². The van der Waals surface area contributed by atoms with Crippen LogP contribution in [0.5, 0.6) is 0 Å². The van der Waals surface area contributed by atoms with Crippen molar-refractivity contribution in [1.82, 2.24) is 4.90 Å². The molecule has 2 aromatic carbocycles. The third-order valence-electron chi connectivity index (χ3n) is 3.79. The molecule has 1 heterocycles. The van der Waals surface area contributed by atoms with Gasteiger partial charge in [-0.1, -0.05) is 53.5 Å². The van der Waals surface area contributed by atoms with Crippen molar-refractivity contribution < 1.29 is 4.79 Å². The van der Waals surface area contributed by atoms with Crippen LogP contribution in [0.2, 0.25) is 10.0 Å². The number of carbonyl (C=O) groups excluding carboxylic acids is 1. The van der Waals surface area contributed by atoms with Crippen LogP contribution in [0.15, 0.2) is 42.5 Å². The Morgan fingerprint density at radius 3 is 2.78 bits per heavy atom. The molecule has 3 rings (SSSR count). The van der Waals surface area contributed by atoms with E-state index in [1.54, 1.807) is 22.7 Å². The average molecular weight is 367 g/mol. The van der Waals surface area contributed by atoms with Crippen molar-refractivity contribution >= 4 is 46.7 Å². The molecule has 120 valence electrons. The number of para-hydroxylation sites is 1. The molecule has 3 nitrogen and oxygen atoms in total. The Morgan fingerprint density at radius 2 is 2.00 bits per heavy atom. The molecule has 1 fully saturated rings. The Hall–Kier alpha value is -1.36. The van der Waals surface area contributed by atoms with Crippen LogP contribution in [0.4, 0.5) is 10.5 Å². The number of amides is 2. The Bertz CT molecular complexity index is 738. The summed E-state index contributed by atoms with van der Waals surface area (Å²) in [6, 6.07) is 13.1. The summed E-state index contributed by atoms with van der Waals surface area (Å²) in [4.78, 5) is 14.5. The first kappa shape index (κ1) is 16.5. The van der Waals surface area contributed by atoms with Crippen LogP contribution < -0.4 is 5.32 Å². The molecule has 0 aromatic heterocycles. The lowest BCUT2D eigenvalue weighted by Gasteiger charge is -2.25. The molecule has 1 aliphatic rings. The summed E-state index contributed by atoms with van der Waals surface area (Å²) in [5.74, 6) is 0.870. The van der Waals surface area contributed by atoms with E-state index in [-0.39, 0.29) is 11.4 Å². The number of rotatable bonds is 2. The second-order valence-electron chi connectivity index (χ2n) is 5.30. The van der Waals surface area contributed by atoms with Crippen LogP contribution in [0.1, 0.15) is 16.5 Å². The highest BCUT2D eigenvalue weighted by molar-refractivity contribution is 7.99. The lowest BCUT2D eigenvalue weighted by molar-refractivity contribution is 0.214. The summed E-state index contributed by atoms with van der Waals surface area (Å²) in [5.41, 5.74) is 2.73. The third kappa shape index (κ3) is 3.44. The molecule has 0 bridgehead atoms. The van der Waals surface area contributed by atoms with E-state index in [4.69, 9.17) is 23.2 Å². The van der Waals surface area contributed by atoms with Crippen LogP contribution in [0, 0.1) is 6.92 Å². The number of benzene rings is 2. The van der Waals surface area contributed by atoms with E-state index in [9.17, 15) is 4.79 Å². The second kappa shape index (κ2) is 7.04. The summed E-state index contributed by atoms with van der Waals surface area (Å²) in [6.07, 6.45) is 0. The van der Waals surface area contributed by atoms with E-state index >= 15 is 0 Å². The molecule has 1 N–H and O–H groups in total. The van der Waals surface area contributed by atoms with Crippen molar-refractivity contribution in [2.24, 2.45) is 0 Å². The minimum Gasteiger partial charge on any atom is -0.308 e. The Kier molecular flexibility index (Phi) is 5.05. The summed E-state index contributed by atoms with van der Waals surface area (Å²) in [5, 5.41) is 3.89. The van der Waals surface area contributed by atoms with Gasteiger partial charge in [0.15, 0.2) is 0 Å². The van der Waals surface area contributed by atoms with Gasteiger partial charge in [0, 0.05) is 23.5 Å². The van der Waals surface area contributed by atoms with Crippen LogP contribution in [-0.4, -0.2) is 23.2 Å². The number of nitrogens with zero attached hydrogens (tertiary/aromatic N) is 1. The van der Waals surface area contributed by atoms with Gasteiger partial charge in [-0.15, -0.1) is 11.8 Å². The van der Waals surface area contributed by atoms with Crippen LogP contribution >= 0.6 is 35.0 Å². The Balaban J connectivity index is 1.83. The van der Waals surface area contributed by atoms with Crippen molar-refractivity contribution in [2.75, 3.05) is 17.6 Å². The molecule has 1 aliphatic heterocycles. The summed E-state index contributed by atoms with van der Waals surface area (Å²) >= 11 is 14.1. The molecule has 0 aliphatic carbocycles. The molecule has 1 unspecified atom stereocenters. The summed E-state index contributed by atoms with van der Waals surface area (Å²) < 4.78 is 0. The number of hydrogen-bond donors (Lipinski definition) is 1. The first-order valence-corrected chi connectivity index (χ1v) is 9.07. The molecule has 0 saturated carbocycles. The minimum absolute atomic E-state index is 0.120. The average Bonchev–Trinajstić information content (AvgIpc) is 3.02. The van der Waals surface area contributed by atoms with E-state index in [1.165, 1.54) is 0 Å². The highest BCUT2D eigenvalue weighted by atomic mass is 35.5. The van der Waals surface area contributed by atoms with Crippen LogP contribution in [0.25, 0.3) is 0 Å². The molecular formula is C17H16Cl2N2OS. The first-order chi connectivity index (χ1) is 11.1. The van der Waals surface area contributed by atoms with Crippen molar-refractivity contribution in [3.63, 3.8) is 0 Å². The smallest absolute Gasteiger partial charge is 0.308 e. The van der Waals surface area contributed by atoms with Gasteiger partial charge in [-0.05, 0) is 24.6 Å². The Labute approximate surface area is 150 Å². The fourth-order valence-electron chi connectivity index (χ4n) is 2.55. The van der Waals surface area contributed by atoms with E-state index in [2.05, 4.69) is 5.32 Å². The number of carbonyl (C=O) groups is 1. The maximum atomic E-state index is 12.7. The molecule has 0 radical (unpaired) electrons. The monoisotopic (exact) mass is 366 g/mol. The minimum atomic E-state index is -0.120. The van der Waals surface area contributed by atoms with Gasteiger partial charge in [0.2, 0.25) is 0 Å². The standard InChI is InChI=1S/C17H16Cl2N2OS/c1-11-5-2-3-8-14(11)20-17(22)21-9-10-23-16(21)12-6-4-7-13(18)15(12)19/h2-8,16H,9-10H2,1H3,(H,20,22). The SMILES string of the molecule is Cc1ccccc1NC(=O)N1CCSC1c1cccc(Cl)c1Cl. The van der Waals surface area contributed by atoms with Gasteiger partial charge in [-0.2, -0.15) is 0 Å². The molecule has 23 heavy (non-hydrogen) atoms. The van der Waals surface area contributed by atoms with Crippen molar-refractivity contribution in [3.05, 3.63) is 63.6 Å². The fourth-order valence-corrected chi connectivity index (χ4v) is 4.31. The number of aryl methyl sites for hydroxylation is 1. The van der Waals surface area contributed by atoms with Crippen LogP contribution in [-0.2, 0) is 0 Å². The number of hydrogen-bond acceptors (Lipinski definition) is 2. The predicted octanol–water partition coefficient (Wildman–Crippen LogP) is 5.58. The van der Waals surface area contributed by atoms with Gasteiger partial charge in [0.25, 0.3) is 0 Å². The topological polar surface area (TPSA) is 32.3 Å². The van der Waals surface area contributed by atoms with E-state index in [0.717, 1.165) is 22.6 Å². The first-order valence-electron chi connectivity index (χ1n) is 7.26. The molecule has 1 saturated heterocycles. The number of halogens is 2. The maximum Gasteiger partial charge on any atom is 0.323 e. The summed E-state index contributed by atoms with van der Waals surface area (Å²) in [7, 11) is 0. The molecular weight excluding hydrogens is 351 g/mol. The number of thioether (sulfide) groups is 1. The number of nitrogens with one attached hydrogen (secondary N) is 1. The molecule has 2 aromatic rings. The molecule has 6 heteroatoms. The zero-order chi connectivity index (χ0) is 16.4. The van der Waals surface area contributed by atoms with Crippen molar-refractivity contribution in [1.29, 1.82) is 0 Å². The normalized spacial score (nSPS) is 17.3. The molecule has 0 spiro atoms. The summed E-state index contributed by atoms with van der Waals surface area (Å²) in [6.45, 7) is 2.65. The zero-order valence-electron chi connectivity index (χ0n) is 12.6. The zero-order valence-corrected chi connectivity index (χ0v) is 14.9. The van der Waals surface area contributed by atoms with Crippen molar-refractivity contribution in [2.45, 2.75) is 12.3 Å². The Morgan fingerprint density at radius 1 is 1.22 bits per heavy atom. The highest BCUT2D eigenvalue weighted by Gasteiger charge is 2.32. The lowest BCUT2D eigenvalue weighted by Crippen LogP contribution is -2.34. The largest absolute Gasteiger partial charge is 0.323 e. The van der Waals surface area contributed by atoms with Gasteiger partial charge >= 0.3 is 6.03 Å². The van der Waals surface area contributed by atoms with E-state index < -0.39 is 0 Å². The lowest BCUT2D eigenvalue weighted by atomic mass is 10.2. The van der Waals surface area contributed by atoms with E-state index in [0.29, 0.717) is 16.6 Å². The molecule has 2 amide bonds. The second-order valence-corrected chi connectivity index (χ2v) is 7.28. The van der Waals surface area contributed by atoms with Gasteiger partial charge in [-0.25, -0.2) is 4.79 Å². The van der Waals surface area contributed by atoms with Gasteiger partial charge in [-0.3, -0.25) is 0 Å². The van der Waals surface area contributed by atoms with E-state index in [1.807, 2.05) is 43.3 Å². The molecule has 1 atom stereocenters. The predicted molar refractivity (Wildman–Crippen MR) is 98.6 cm³/mol. The fraction of sp³-hybridized carbons (Fsp3) is 0.235. The quantitative estimate of drug-likeness (QED) is 0.751. The highest BCUT2D eigenvalue weighted by Crippen LogP contribution is 2.42. The van der Waals surface area contributed by atoms with Crippen LogP contribution in [0.3, 0.4) is 0 Å². The number of urea groups is 1. The third-order valence-corrected chi connectivity index (χ3v) is 5.86. The van der Waals surface area contributed by atoms with Crippen molar-refractivity contribution in [3.8, 4) is 0 Å². The maximum absolute atomic E-state index is 12.7. The van der Waals surface area contributed by atoms with Gasteiger partial charge in [0.05, 0.1) is 10.0 Å². The van der Waals surface area contributed by atoms with Gasteiger partial charge in [0.1, 0.15) is 5.37 Å². The number of anilines is 1.